The third kappa shape index (κ3) is 3.27. The summed E-state index contributed by atoms with van der Waals surface area (Å²) in [6.45, 7) is 1.92. The minimum absolute atomic E-state index is 0.108. The maximum absolute atomic E-state index is 13.6. The van der Waals surface area contributed by atoms with Crippen LogP contribution in [0.25, 0.3) is 0 Å². The highest BCUT2D eigenvalue weighted by Gasteiger charge is 2.18. The van der Waals surface area contributed by atoms with E-state index in [9.17, 15) is 13.9 Å². The molecule has 2 aromatic carbocycles. The largest absolute Gasteiger partial charge is 0.388 e. The molecule has 20 heavy (non-hydrogen) atoms. The van der Waals surface area contributed by atoms with Crippen LogP contribution in [0.3, 0.4) is 0 Å². The highest BCUT2D eigenvalue weighted by Crippen LogP contribution is 2.32. The van der Waals surface area contributed by atoms with Crippen LogP contribution < -0.4 is 0 Å². The number of aryl methyl sites for hydroxylation is 1. The van der Waals surface area contributed by atoms with Crippen molar-refractivity contribution in [3.8, 4) is 0 Å². The van der Waals surface area contributed by atoms with Crippen LogP contribution in [0.4, 0.5) is 8.78 Å². The SMILES string of the molecule is Cc1cc(Br)c(C(O)Cc2c(F)cccc2F)cc1Br. The van der Waals surface area contributed by atoms with E-state index < -0.39 is 17.7 Å². The Morgan fingerprint density at radius 1 is 1.10 bits per heavy atom. The summed E-state index contributed by atoms with van der Waals surface area (Å²) in [4.78, 5) is 0. The first kappa shape index (κ1) is 15.6. The fourth-order valence-electron chi connectivity index (χ4n) is 1.95. The van der Waals surface area contributed by atoms with Gasteiger partial charge in [-0.1, -0.05) is 37.9 Å². The molecule has 0 radical (unpaired) electrons. The molecule has 1 nitrogen and oxygen atoms in total. The summed E-state index contributed by atoms with van der Waals surface area (Å²) < 4.78 is 28.7. The fourth-order valence-corrected chi connectivity index (χ4v) is 3.03. The van der Waals surface area contributed by atoms with Gasteiger partial charge in [0.15, 0.2) is 0 Å². The number of rotatable bonds is 3. The van der Waals surface area contributed by atoms with Crippen molar-refractivity contribution in [2.45, 2.75) is 19.4 Å². The third-order valence-corrected chi connectivity index (χ3v) is 4.64. The lowest BCUT2D eigenvalue weighted by atomic mass is 10.00. The van der Waals surface area contributed by atoms with Gasteiger partial charge in [0.1, 0.15) is 11.6 Å². The molecule has 0 saturated carbocycles. The van der Waals surface area contributed by atoms with Crippen molar-refractivity contribution in [1.82, 2.24) is 0 Å². The standard InChI is InChI=1S/C15H12Br2F2O/c1-8-5-12(17)9(6-11(8)16)15(20)7-10-13(18)3-2-4-14(10)19/h2-6,15,20H,7H2,1H3. The van der Waals surface area contributed by atoms with Crippen LogP contribution in [0.15, 0.2) is 39.3 Å². The zero-order chi connectivity index (χ0) is 14.9. The second-order valence-corrected chi connectivity index (χ2v) is 6.25. The van der Waals surface area contributed by atoms with Crippen LogP contribution >= 0.6 is 31.9 Å². The Balaban J connectivity index is 2.33. The smallest absolute Gasteiger partial charge is 0.129 e. The van der Waals surface area contributed by atoms with E-state index in [-0.39, 0.29) is 12.0 Å². The van der Waals surface area contributed by atoms with Gasteiger partial charge in [-0.05, 0) is 42.3 Å². The van der Waals surface area contributed by atoms with E-state index in [1.54, 1.807) is 6.07 Å². The average Bonchev–Trinajstić information content (AvgIpc) is 2.38. The monoisotopic (exact) mass is 404 g/mol. The first-order valence-corrected chi connectivity index (χ1v) is 7.55. The lowest BCUT2D eigenvalue weighted by molar-refractivity contribution is 0.175. The molecule has 1 N–H and O–H groups in total. The van der Waals surface area contributed by atoms with E-state index in [2.05, 4.69) is 31.9 Å². The maximum atomic E-state index is 13.6. The molecule has 1 atom stereocenters. The summed E-state index contributed by atoms with van der Waals surface area (Å²) in [5, 5.41) is 10.2. The van der Waals surface area contributed by atoms with Gasteiger partial charge in [-0.25, -0.2) is 8.78 Å². The van der Waals surface area contributed by atoms with Crippen molar-refractivity contribution in [2.75, 3.05) is 0 Å². The van der Waals surface area contributed by atoms with Gasteiger partial charge >= 0.3 is 0 Å². The van der Waals surface area contributed by atoms with Gasteiger partial charge in [-0.15, -0.1) is 0 Å². The Hall–Kier alpha value is -0.780. The highest BCUT2D eigenvalue weighted by molar-refractivity contribution is 9.11. The molecule has 0 bridgehead atoms. The Kier molecular flexibility index (Phi) is 4.94. The summed E-state index contributed by atoms with van der Waals surface area (Å²) in [5.41, 5.74) is 1.48. The third-order valence-electron chi connectivity index (χ3n) is 3.10. The number of benzene rings is 2. The molecule has 0 amide bonds. The normalized spacial score (nSPS) is 12.5. The van der Waals surface area contributed by atoms with Crippen molar-refractivity contribution in [2.24, 2.45) is 0 Å². The second kappa shape index (κ2) is 6.33. The first-order chi connectivity index (χ1) is 9.40. The fraction of sp³-hybridized carbons (Fsp3) is 0.200. The number of aliphatic hydroxyl groups excluding tert-OH is 1. The van der Waals surface area contributed by atoms with E-state index in [0.717, 1.165) is 10.0 Å². The van der Waals surface area contributed by atoms with Crippen molar-refractivity contribution in [3.63, 3.8) is 0 Å². The van der Waals surface area contributed by atoms with Gasteiger partial charge in [-0.2, -0.15) is 0 Å². The van der Waals surface area contributed by atoms with Crippen LogP contribution in [0.2, 0.25) is 0 Å². The number of hydrogen-bond acceptors (Lipinski definition) is 1. The topological polar surface area (TPSA) is 20.2 Å². The molecular weight excluding hydrogens is 394 g/mol. The molecule has 0 fully saturated rings. The van der Waals surface area contributed by atoms with Crippen molar-refractivity contribution in [1.29, 1.82) is 0 Å². The first-order valence-electron chi connectivity index (χ1n) is 5.96. The highest BCUT2D eigenvalue weighted by atomic mass is 79.9. The van der Waals surface area contributed by atoms with Gasteiger partial charge in [0, 0.05) is 20.9 Å². The van der Waals surface area contributed by atoms with Gasteiger partial charge in [0.05, 0.1) is 6.10 Å². The van der Waals surface area contributed by atoms with Crippen molar-refractivity contribution < 1.29 is 13.9 Å². The minimum Gasteiger partial charge on any atom is -0.388 e. The van der Waals surface area contributed by atoms with Crippen LogP contribution in [0.5, 0.6) is 0 Å². The van der Waals surface area contributed by atoms with Gasteiger partial charge in [0.25, 0.3) is 0 Å². The van der Waals surface area contributed by atoms with Crippen molar-refractivity contribution >= 4 is 31.9 Å². The zero-order valence-electron chi connectivity index (χ0n) is 10.6. The maximum Gasteiger partial charge on any atom is 0.129 e. The Bertz CT molecular complexity index is 624. The number of aliphatic hydroxyl groups is 1. The molecule has 5 heteroatoms. The summed E-state index contributed by atoms with van der Waals surface area (Å²) in [6.07, 6.45) is -1.11. The summed E-state index contributed by atoms with van der Waals surface area (Å²) in [5.74, 6) is -1.29. The predicted octanol–water partition coefficient (Wildman–Crippen LogP) is 5.07. The quantitative estimate of drug-likeness (QED) is 0.755. The van der Waals surface area contributed by atoms with E-state index in [1.165, 1.54) is 18.2 Å². The van der Waals surface area contributed by atoms with Gasteiger partial charge in [0.2, 0.25) is 0 Å². The molecule has 0 spiro atoms. The lowest BCUT2D eigenvalue weighted by Gasteiger charge is -2.15. The Morgan fingerprint density at radius 3 is 2.30 bits per heavy atom. The number of hydrogen-bond donors (Lipinski definition) is 1. The zero-order valence-corrected chi connectivity index (χ0v) is 13.8. The molecule has 0 aromatic heterocycles. The molecule has 0 saturated heterocycles. The van der Waals surface area contributed by atoms with Crippen LogP contribution in [-0.4, -0.2) is 5.11 Å². The van der Waals surface area contributed by atoms with Crippen LogP contribution in [-0.2, 0) is 6.42 Å². The summed E-state index contributed by atoms with van der Waals surface area (Å²) >= 11 is 6.75. The molecule has 1 unspecified atom stereocenters. The Labute approximate surface area is 132 Å². The molecule has 0 heterocycles. The lowest BCUT2D eigenvalue weighted by Crippen LogP contribution is -2.07. The van der Waals surface area contributed by atoms with E-state index in [0.29, 0.717) is 10.0 Å². The molecule has 0 aliphatic rings. The van der Waals surface area contributed by atoms with Gasteiger partial charge in [-0.3, -0.25) is 0 Å². The molecular formula is C15H12Br2F2O. The molecule has 0 aliphatic heterocycles. The second-order valence-electron chi connectivity index (χ2n) is 4.54. The molecule has 106 valence electrons. The predicted molar refractivity (Wildman–Crippen MR) is 81.6 cm³/mol. The molecule has 0 aliphatic carbocycles. The van der Waals surface area contributed by atoms with Crippen LogP contribution in [0, 0.1) is 18.6 Å². The summed E-state index contributed by atoms with van der Waals surface area (Å²) in [7, 11) is 0. The molecule has 2 rings (SSSR count). The average molecular weight is 406 g/mol. The number of halogens is 4. The Morgan fingerprint density at radius 2 is 1.70 bits per heavy atom. The minimum atomic E-state index is -0.993. The molecule has 2 aromatic rings. The van der Waals surface area contributed by atoms with E-state index >= 15 is 0 Å². The van der Waals surface area contributed by atoms with E-state index in [1.807, 2.05) is 13.0 Å². The van der Waals surface area contributed by atoms with E-state index in [4.69, 9.17) is 0 Å². The van der Waals surface area contributed by atoms with Gasteiger partial charge < -0.3 is 5.11 Å². The van der Waals surface area contributed by atoms with Crippen LogP contribution in [0.1, 0.15) is 22.8 Å². The summed E-state index contributed by atoms with van der Waals surface area (Å²) in [6, 6.07) is 7.28. The van der Waals surface area contributed by atoms with Crippen molar-refractivity contribution in [3.05, 3.63) is 67.6 Å².